The van der Waals surface area contributed by atoms with Crippen LogP contribution in [0.15, 0.2) is 15.2 Å². The third-order valence-corrected chi connectivity index (χ3v) is 3.74. The third-order valence-electron chi connectivity index (χ3n) is 1.93. The Bertz CT molecular complexity index is 277. The highest BCUT2D eigenvalue weighted by Crippen LogP contribution is 2.23. The Hall–Kier alpha value is 0.0600. The molecule has 0 saturated heterocycles. The molecule has 1 rings (SSSR count). The summed E-state index contributed by atoms with van der Waals surface area (Å²) < 4.78 is 16.6. The molecule has 0 saturated carbocycles. The maximum atomic E-state index is 5.32. The first-order valence-corrected chi connectivity index (χ1v) is 6.35. The zero-order valence-electron chi connectivity index (χ0n) is 8.86. The second-order valence-corrected chi connectivity index (χ2v) is 5.20. The average Bonchev–Trinajstić information content (AvgIpc) is 2.63. The zero-order valence-corrected chi connectivity index (χ0v) is 11.3. The lowest BCUT2D eigenvalue weighted by Crippen LogP contribution is -2.13. The van der Waals surface area contributed by atoms with Crippen LogP contribution in [0.1, 0.15) is 12.5 Å². The van der Waals surface area contributed by atoms with Gasteiger partial charge in [-0.1, -0.05) is 0 Å². The molecule has 86 valence electrons. The lowest BCUT2D eigenvalue weighted by molar-refractivity contribution is -0.173. The van der Waals surface area contributed by atoms with Gasteiger partial charge in [0.1, 0.15) is 6.79 Å². The summed E-state index contributed by atoms with van der Waals surface area (Å²) in [5.74, 6) is 0. The van der Waals surface area contributed by atoms with E-state index in [1.54, 1.807) is 18.4 Å². The topological polar surface area (TPSA) is 27.7 Å². The van der Waals surface area contributed by atoms with E-state index in [1.165, 1.54) is 9.35 Å². The second kappa shape index (κ2) is 7.35. The van der Waals surface area contributed by atoms with Gasteiger partial charge in [-0.3, -0.25) is 0 Å². The molecule has 0 fully saturated rings. The highest BCUT2D eigenvalue weighted by atomic mass is 79.9. The van der Waals surface area contributed by atoms with Crippen LogP contribution in [0.2, 0.25) is 0 Å². The third kappa shape index (κ3) is 5.08. The van der Waals surface area contributed by atoms with Gasteiger partial charge < -0.3 is 14.2 Å². The summed E-state index contributed by atoms with van der Waals surface area (Å²) in [5, 5.41) is 2.06. The summed E-state index contributed by atoms with van der Waals surface area (Å²) >= 11 is 5.17. The van der Waals surface area contributed by atoms with E-state index in [9.17, 15) is 0 Å². The molecule has 1 heterocycles. The Morgan fingerprint density at radius 2 is 2.33 bits per heavy atom. The van der Waals surface area contributed by atoms with E-state index in [2.05, 4.69) is 27.4 Å². The number of halogens is 1. The quantitative estimate of drug-likeness (QED) is 0.571. The van der Waals surface area contributed by atoms with Crippen LogP contribution in [-0.2, 0) is 20.6 Å². The molecule has 1 unspecified atom stereocenters. The SMILES string of the molecule is COC(C)OCOCCc1ccsc1Br. The highest BCUT2D eigenvalue weighted by molar-refractivity contribution is 9.11. The van der Waals surface area contributed by atoms with E-state index in [4.69, 9.17) is 14.2 Å². The Kier molecular flexibility index (Phi) is 6.43. The fourth-order valence-corrected chi connectivity index (χ4v) is 2.28. The maximum absolute atomic E-state index is 5.32. The monoisotopic (exact) mass is 294 g/mol. The molecule has 0 aliphatic rings. The number of hydrogen-bond acceptors (Lipinski definition) is 4. The minimum atomic E-state index is -0.210. The molecule has 0 bridgehead atoms. The van der Waals surface area contributed by atoms with E-state index in [0.29, 0.717) is 6.61 Å². The smallest absolute Gasteiger partial charge is 0.157 e. The summed E-state index contributed by atoms with van der Waals surface area (Å²) in [4.78, 5) is 0. The van der Waals surface area contributed by atoms with Crippen molar-refractivity contribution in [1.82, 2.24) is 0 Å². The standard InChI is InChI=1S/C10H15BrO3S/c1-8(12-2)14-7-13-5-3-9-4-6-15-10(9)11/h4,6,8H,3,5,7H2,1-2H3. The Balaban J connectivity index is 2.05. The molecule has 0 amide bonds. The fraction of sp³-hybridized carbons (Fsp3) is 0.600. The molecule has 0 aliphatic heterocycles. The van der Waals surface area contributed by atoms with Crippen LogP contribution in [0.5, 0.6) is 0 Å². The molecule has 0 aliphatic carbocycles. The van der Waals surface area contributed by atoms with Crippen molar-refractivity contribution in [3.8, 4) is 0 Å². The molecule has 0 aromatic carbocycles. The van der Waals surface area contributed by atoms with Gasteiger partial charge in [-0.05, 0) is 46.3 Å². The molecule has 1 atom stereocenters. The Morgan fingerprint density at radius 3 is 2.93 bits per heavy atom. The van der Waals surface area contributed by atoms with Gasteiger partial charge in [0, 0.05) is 7.11 Å². The summed E-state index contributed by atoms with van der Waals surface area (Å²) in [6.45, 7) is 2.77. The van der Waals surface area contributed by atoms with E-state index in [-0.39, 0.29) is 13.1 Å². The van der Waals surface area contributed by atoms with Crippen LogP contribution in [0.4, 0.5) is 0 Å². The molecule has 1 aromatic rings. The summed E-state index contributed by atoms with van der Waals surface area (Å²) in [6.07, 6.45) is 0.687. The van der Waals surface area contributed by atoms with Crippen LogP contribution < -0.4 is 0 Å². The minimum Gasteiger partial charge on any atom is -0.356 e. The van der Waals surface area contributed by atoms with Crippen molar-refractivity contribution in [2.45, 2.75) is 19.6 Å². The van der Waals surface area contributed by atoms with Gasteiger partial charge in [0.05, 0.1) is 10.4 Å². The largest absolute Gasteiger partial charge is 0.356 e. The minimum absolute atomic E-state index is 0.210. The van der Waals surface area contributed by atoms with Crippen molar-refractivity contribution in [2.24, 2.45) is 0 Å². The summed E-state index contributed by atoms with van der Waals surface area (Å²) in [6, 6.07) is 2.09. The van der Waals surface area contributed by atoms with Crippen molar-refractivity contribution < 1.29 is 14.2 Å². The molecular formula is C10H15BrO3S. The number of hydrogen-bond donors (Lipinski definition) is 0. The Morgan fingerprint density at radius 1 is 1.53 bits per heavy atom. The van der Waals surface area contributed by atoms with Gasteiger partial charge >= 0.3 is 0 Å². The first-order chi connectivity index (χ1) is 7.24. The van der Waals surface area contributed by atoms with E-state index < -0.39 is 0 Å². The van der Waals surface area contributed by atoms with Crippen LogP contribution in [-0.4, -0.2) is 26.8 Å². The van der Waals surface area contributed by atoms with Gasteiger partial charge in [0.2, 0.25) is 0 Å². The van der Waals surface area contributed by atoms with Crippen molar-refractivity contribution in [1.29, 1.82) is 0 Å². The average molecular weight is 295 g/mol. The van der Waals surface area contributed by atoms with Crippen LogP contribution >= 0.6 is 27.3 Å². The van der Waals surface area contributed by atoms with Crippen LogP contribution in [0.3, 0.4) is 0 Å². The molecule has 1 aromatic heterocycles. The predicted molar refractivity (Wildman–Crippen MR) is 64.1 cm³/mol. The number of thiophene rings is 1. The molecule has 3 nitrogen and oxygen atoms in total. The van der Waals surface area contributed by atoms with Gasteiger partial charge in [-0.15, -0.1) is 11.3 Å². The van der Waals surface area contributed by atoms with E-state index in [0.717, 1.165) is 6.42 Å². The number of rotatable bonds is 7. The second-order valence-electron chi connectivity index (χ2n) is 2.97. The molecule has 15 heavy (non-hydrogen) atoms. The van der Waals surface area contributed by atoms with Crippen LogP contribution in [0.25, 0.3) is 0 Å². The lowest BCUT2D eigenvalue weighted by Gasteiger charge is -2.10. The zero-order chi connectivity index (χ0) is 11.1. The predicted octanol–water partition coefficient (Wildman–Crippen LogP) is 3.04. The van der Waals surface area contributed by atoms with Gasteiger partial charge in [-0.2, -0.15) is 0 Å². The van der Waals surface area contributed by atoms with Crippen molar-refractivity contribution in [3.05, 3.63) is 20.8 Å². The molecule has 0 radical (unpaired) electrons. The highest BCUT2D eigenvalue weighted by Gasteiger charge is 2.01. The van der Waals surface area contributed by atoms with Crippen LogP contribution in [0, 0.1) is 0 Å². The first-order valence-electron chi connectivity index (χ1n) is 4.68. The molecule has 5 heteroatoms. The maximum Gasteiger partial charge on any atom is 0.157 e. The normalized spacial score (nSPS) is 13.0. The van der Waals surface area contributed by atoms with Gasteiger partial charge in [0.15, 0.2) is 6.29 Å². The van der Waals surface area contributed by atoms with E-state index >= 15 is 0 Å². The first kappa shape index (κ1) is 13.1. The van der Waals surface area contributed by atoms with Crippen molar-refractivity contribution >= 4 is 27.3 Å². The van der Waals surface area contributed by atoms with E-state index in [1.807, 2.05) is 6.92 Å². The van der Waals surface area contributed by atoms with Gasteiger partial charge in [0.25, 0.3) is 0 Å². The lowest BCUT2D eigenvalue weighted by atomic mass is 10.3. The molecular weight excluding hydrogens is 280 g/mol. The van der Waals surface area contributed by atoms with Crippen molar-refractivity contribution in [2.75, 3.05) is 20.5 Å². The van der Waals surface area contributed by atoms with Crippen molar-refractivity contribution in [3.63, 3.8) is 0 Å². The molecule has 0 spiro atoms. The number of methoxy groups -OCH3 is 1. The Labute approximate surface area is 102 Å². The summed E-state index contributed by atoms with van der Waals surface area (Å²) in [5.41, 5.74) is 1.28. The number of ether oxygens (including phenoxy) is 3. The molecule has 0 N–H and O–H groups in total. The fourth-order valence-electron chi connectivity index (χ4n) is 0.952. The van der Waals surface area contributed by atoms with Gasteiger partial charge in [-0.25, -0.2) is 0 Å². The summed E-state index contributed by atoms with van der Waals surface area (Å²) in [7, 11) is 1.60.